The molecule has 0 saturated heterocycles. The third kappa shape index (κ3) is 3.05. The molecule has 1 aromatic heterocycles. The van der Waals surface area contributed by atoms with Crippen LogP contribution in [0, 0.1) is 12.7 Å². The lowest BCUT2D eigenvalue weighted by molar-refractivity contribution is 0.619. The third-order valence-electron chi connectivity index (χ3n) is 5.36. The van der Waals surface area contributed by atoms with Gasteiger partial charge in [0.25, 0.3) is 0 Å². The number of pyridine rings is 1. The molecule has 0 saturated carbocycles. The van der Waals surface area contributed by atoms with Gasteiger partial charge in [-0.2, -0.15) is 0 Å². The summed E-state index contributed by atoms with van der Waals surface area (Å²) in [5, 5.41) is 2.07. The van der Waals surface area contributed by atoms with Gasteiger partial charge >= 0.3 is 0 Å². The number of halogens is 1. The highest BCUT2D eigenvalue weighted by Crippen LogP contribution is 2.37. The molecule has 2 N–H and O–H groups in total. The summed E-state index contributed by atoms with van der Waals surface area (Å²) < 4.78 is 13.9. The van der Waals surface area contributed by atoms with Crippen molar-refractivity contribution in [2.75, 3.05) is 23.7 Å². The molecule has 0 atom stereocenters. The normalized spacial score (nSPS) is 11.3. The number of rotatable bonds is 4. The van der Waals surface area contributed by atoms with Crippen molar-refractivity contribution in [1.82, 2.24) is 4.98 Å². The van der Waals surface area contributed by atoms with E-state index in [0.29, 0.717) is 11.3 Å². The Morgan fingerprint density at radius 3 is 2.25 bits per heavy atom. The first-order valence-electron chi connectivity index (χ1n) is 9.66. The Hall–Kier alpha value is -3.14. The van der Waals surface area contributed by atoms with Crippen molar-refractivity contribution in [1.29, 1.82) is 0 Å². The van der Waals surface area contributed by atoms with Crippen LogP contribution in [0.2, 0.25) is 0 Å². The molecule has 3 nitrogen and oxygen atoms in total. The van der Waals surface area contributed by atoms with Crippen LogP contribution >= 0.6 is 0 Å². The van der Waals surface area contributed by atoms with Gasteiger partial charge in [-0.15, -0.1) is 0 Å². The van der Waals surface area contributed by atoms with Crippen molar-refractivity contribution >= 4 is 33.2 Å². The number of aryl methyl sites for hydroxylation is 1. The second kappa shape index (κ2) is 7.12. The van der Waals surface area contributed by atoms with E-state index in [0.717, 1.165) is 51.7 Å². The number of fused-ring (bicyclic) bond motifs is 2. The number of hydrogen-bond donors (Lipinski definition) is 1. The number of nitrogens with two attached hydrogens (primary N) is 1. The van der Waals surface area contributed by atoms with Gasteiger partial charge in [0.2, 0.25) is 0 Å². The molecule has 0 unspecified atom stereocenters. The Balaban J connectivity index is 2.07. The Bertz CT molecular complexity index is 1180. The van der Waals surface area contributed by atoms with Gasteiger partial charge in [0, 0.05) is 40.8 Å². The maximum atomic E-state index is 13.9. The van der Waals surface area contributed by atoms with Crippen LogP contribution < -0.4 is 10.6 Å². The SMILES string of the molecule is CCN(CC)c1ccc2c(-c3ccc(F)c(C)c3)c3ccc(N)cc3nc2c1. The lowest BCUT2D eigenvalue weighted by Gasteiger charge is -2.22. The minimum absolute atomic E-state index is 0.195. The minimum atomic E-state index is -0.195. The van der Waals surface area contributed by atoms with Crippen molar-refractivity contribution in [2.24, 2.45) is 0 Å². The van der Waals surface area contributed by atoms with Crippen LogP contribution in [0.1, 0.15) is 19.4 Å². The van der Waals surface area contributed by atoms with Crippen molar-refractivity contribution < 1.29 is 4.39 Å². The van der Waals surface area contributed by atoms with Crippen LogP contribution in [0.5, 0.6) is 0 Å². The second-order valence-corrected chi connectivity index (χ2v) is 7.10. The highest BCUT2D eigenvalue weighted by Gasteiger charge is 2.14. The summed E-state index contributed by atoms with van der Waals surface area (Å²) in [7, 11) is 0. The Morgan fingerprint density at radius 2 is 1.57 bits per heavy atom. The maximum Gasteiger partial charge on any atom is 0.126 e. The van der Waals surface area contributed by atoms with Crippen LogP contribution in [0.15, 0.2) is 54.6 Å². The van der Waals surface area contributed by atoms with Crippen LogP contribution in [0.25, 0.3) is 32.9 Å². The topological polar surface area (TPSA) is 42.1 Å². The predicted molar refractivity (Wildman–Crippen MR) is 117 cm³/mol. The molecule has 0 aliphatic rings. The van der Waals surface area contributed by atoms with Gasteiger partial charge in [-0.3, -0.25) is 0 Å². The van der Waals surface area contributed by atoms with Gasteiger partial charge in [0.15, 0.2) is 0 Å². The Kier molecular flexibility index (Phi) is 4.63. The fourth-order valence-corrected chi connectivity index (χ4v) is 3.85. The summed E-state index contributed by atoms with van der Waals surface area (Å²) in [6.45, 7) is 7.96. The van der Waals surface area contributed by atoms with Crippen molar-refractivity contribution in [3.63, 3.8) is 0 Å². The fraction of sp³-hybridized carbons (Fsp3) is 0.208. The number of hydrogen-bond acceptors (Lipinski definition) is 3. The minimum Gasteiger partial charge on any atom is -0.399 e. The summed E-state index contributed by atoms with van der Waals surface area (Å²) >= 11 is 0. The van der Waals surface area contributed by atoms with Crippen LogP contribution in [-0.4, -0.2) is 18.1 Å². The Morgan fingerprint density at radius 1 is 0.893 bits per heavy atom. The van der Waals surface area contributed by atoms with E-state index >= 15 is 0 Å². The van der Waals surface area contributed by atoms with E-state index in [-0.39, 0.29) is 5.82 Å². The van der Waals surface area contributed by atoms with E-state index in [2.05, 4.69) is 36.9 Å². The van der Waals surface area contributed by atoms with E-state index in [1.807, 2.05) is 30.3 Å². The van der Waals surface area contributed by atoms with Gasteiger partial charge in [-0.1, -0.05) is 18.2 Å². The first kappa shape index (κ1) is 18.2. The van der Waals surface area contributed by atoms with E-state index < -0.39 is 0 Å². The molecule has 28 heavy (non-hydrogen) atoms. The molecule has 0 aliphatic heterocycles. The number of anilines is 2. The highest BCUT2D eigenvalue weighted by atomic mass is 19.1. The molecule has 4 heteroatoms. The first-order chi connectivity index (χ1) is 13.5. The van der Waals surface area contributed by atoms with Gasteiger partial charge in [0.1, 0.15) is 5.82 Å². The average molecular weight is 373 g/mol. The van der Waals surface area contributed by atoms with E-state index in [4.69, 9.17) is 10.7 Å². The van der Waals surface area contributed by atoms with E-state index in [9.17, 15) is 4.39 Å². The number of nitrogen functional groups attached to an aromatic ring is 1. The van der Waals surface area contributed by atoms with Gasteiger partial charge in [0.05, 0.1) is 11.0 Å². The van der Waals surface area contributed by atoms with Crippen molar-refractivity contribution in [3.8, 4) is 11.1 Å². The predicted octanol–water partition coefficient (Wildman–Crippen LogP) is 5.93. The smallest absolute Gasteiger partial charge is 0.126 e. The summed E-state index contributed by atoms with van der Waals surface area (Å²) in [6.07, 6.45) is 0. The molecule has 1 heterocycles. The lowest BCUT2D eigenvalue weighted by Crippen LogP contribution is -2.21. The molecule has 0 amide bonds. The molecule has 142 valence electrons. The monoisotopic (exact) mass is 373 g/mol. The number of aromatic nitrogens is 1. The summed E-state index contributed by atoms with van der Waals surface area (Å²) in [4.78, 5) is 7.19. The fourth-order valence-electron chi connectivity index (χ4n) is 3.85. The second-order valence-electron chi connectivity index (χ2n) is 7.10. The van der Waals surface area contributed by atoms with Gasteiger partial charge in [-0.05, 0) is 68.3 Å². The van der Waals surface area contributed by atoms with E-state index in [1.54, 1.807) is 6.92 Å². The average Bonchev–Trinajstić information content (AvgIpc) is 2.69. The molecule has 0 fully saturated rings. The van der Waals surface area contributed by atoms with Crippen LogP contribution in [-0.2, 0) is 0 Å². The summed E-state index contributed by atoms with van der Waals surface area (Å²) in [5.41, 5.74) is 12.3. The third-order valence-corrected chi connectivity index (χ3v) is 5.36. The quantitative estimate of drug-likeness (QED) is 0.356. The molecular formula is C24H24FN3. The molecule has 0 spiro atoms. The first-order valence-corrected chi connectivity index (χ1v) is 9.66. The molecule has 0 aliphatic carbocycles. The zero-order chi connectivity index (χ0) is 19.8. The maximum absolute atomic E-state index is 13.9. The molecule has 4 rings (SSSR count). The molecule has 3 aromatic carbocycles. The zero-order valence-electron chi connectivity index (χ0n) is 16.5. The number of nitrogens with zero attached hydrogens (tertiary/aromatic N) is 2. The highest BCUT2D eigenvalue weighted by molar-refractivity contribution is 6.10. The molecular weight excluding hydrogens is 349 g/mol. The number of benzene rings is 3. The largest absolute Gasteiger partial charge is 0.399 e. The van der Waals surface area contributed by atoms with Crippen molar-refractivity contribution in [2.45, 2.75) is 20.8 Å². The van der Waals surface area contributed by atoms with Crippen LogP contribution in [0.3, 0.4) is 0 Å². The molecule has 0 radical (unpaired) electrons. The van der Waals surface area contributed by atoms with E-state index in [1.165, 1.54) is 6.07 Å². The van der Waals surface area contributed by atoms with Crippen molar-refractivity contribution in [3.05, 3.63) is 66.0 Å². The molecule has 4 aromatic rings. The summed E-state index contributed by atoms with van der Waals surface area (Å²) in [6, 6.07) is 17.5. The van der Waals surface area contributed by atoms with Gasteiger partial charge < -0.3 is 10.6 Å². The molecule has 0 bridgehead atoms. The van der Waals surface area contributed by atoms with Crippen LogP contribution in [0.4, 0.5) is 15.8 Å². The summed E-state index contributed by atoms with van der Waals surface area (Å²) in [5.74, 6) is -0.195. The standard InChI is InChI=1S/C24H24FN3/c1-4-28(5-2)18-8-10-20-23(14-18)27-22-13-17(26)7-9-19(22)24(20)16-6-11-21(25)15(3)12-16/h6-14H,4-5,26H2,1-3H3. The Labute approximate surface area is 164 Å². The lowest BCUT2D eigenvalue weighted by atomic mass is 9.94. The zero-order valence-corrected chi connectivity index (χ0v) is 16.5. The van der Waals surface area contributed by atoms with Gasteiger partial charge in [-0.25, -0.2) is 9.37 Å².